The minimum Gasteiger partial charge on any atom is -0.383 e. The first kappa shape index (κ1) is 22.0. The van der Waals surface area contributed by atoms with E-state index in [1.165, 1.54) is 19.0 Å². The number of amides is 1. The number of nitrogens with two attached hydrogens (primary N) is 1. The van der Waals surface area contributed by atoms with Gasteiger partial charge in [0.2, 0.25) is 0 Å². The maximum atomic E-state index is 15.3. The number of halogens is 2. The van der Waals surface area contributed by atoms with Crippen molar-refractivity contribution in [2.75, 3.05) is 43.4 Å². The van der Waals surface area contributed by atoms with Crippen LogP contribution in [0.1, 0.15) is 28.8 Å². The van der Waals surface area contributed by atoms with Crippen LogP contribution in [0.3, 0.4) is 0 Å². The molecule has 35 heavy (non-hydrogen) atoms. The van der Waals surface area contributed by atoms with Crippen molar-refractivity contribution >= 4 is 17.4 Å². The topological polar surface area (TPSA) is 74.5 Å². The van der Waals surface area contributed by atoms with Crippen LogP contribution in [-0.4, -0.2) is 54.6 Å². The summed E-state index contributed by atoms with van der Waals surface area (Å²) in [5, 5.41) is 2.83. The molecule has 1 saturated carbocycles. The van der Waals surface area contributed by atoms with E-state index in [1.54, 1.807) is 24.3 Å². The SMILES string of the molecule is Nc1ncc(-c2ccc(N3CCN(C4CC4)CC3)c(F)c2F)cc1-c1ccc2c(c1)CCNC2=O. The molecule has 8 heteroatoms. The van der Waals surface area contributed by atoms with Crippen LogP contribution in [0.15, 0.2) is 42.6 Å². The maximum Gasteiger partial charge on any atom is 0.251 e. The lowest BCUT2D eigenvalue weighted by Crippen LogP contribution is -2.47. The molecule has 3 aromatic rings. The molecule has 0 unspecified atom stereocenters. The highest BCUT2D eigenvalue weighted by Crippen LogP contribution is 2.36. The van der Waals surface area contributed by atoms with Crippen LogP contribution in [-0.2, 0) is 6.42 Å². The summed E-state index contributed by atoms with van der Waals surface area (Å²) >= 11 is 0. The standard InChI is InChI=1S/C27H27F2N5O/c28-24-20(5-6-23(25(24)29)34-11-9-33(10-12-34)19-2-3-19)18-14-22(26(30)32-15-18)16-1-4-21-17(13-16)7-8-31-27(21)35/h1,4-6,13-15,19H,2-3,7-12H2,(H2,30,32)(H,31,35). The van der Waals surface area contributed by atoms with E-state index in [2.05, 4.69) is 15.2 Å². The monoisotopic (exact) mass is 475 g/mol. The van der Waals surface area contributed by atoms with Gasteiger partial charge in [-0.15, -0.1) is 0 Å². The smallest absolute Gasteiger partial charge is 0.251 e. The number of pyridine rings is 1. The van der Waals surface area contributed by atoms with Crippen LogP contribution in [0.25, 0.3) is 22.3 Å². The Morgan fingerprint density at radius 2 is 1.69 bits per heavy atom. The molecule has 0 atom stereocenters. The van der Waals surface area contributed by atoms with Crippen LogP contribution in [0.5, 0.6) is 0 Å². The number of carbonyl (C=O) groups excluding carboxylic acids is 1. The Kier molecular flexibility index (Phi) is 5.40. The molecule has 180 valence electrons. The fourth-order valence-electron chi connectivity index (χ4n) is 5.22. The van der Waals surface area contributed by atoms with Gasteiger partial charge in [0.05, 0.1) is 5.69 Å². The number of nitrogens with one attached hydrogen (secondary N) is 1. The Hall–Kier alpha value is -3.52. The minimum absolute atomic E-state index is 0.0933. The maximum absolute atomic E-state index is 15.3. The van der Waals surface area contributed by atoms with Gasteiger partial charge in [0.25, 0.3) is 5.91 Å². The van der Waals surface area contributed by atoms with Gasteiger partial charge in [0.15, 0.2) is 11.6 Å². The molecule has 2 aromatic carbocycles. The van der Waals surface area contributed by atoms with Crippen LogP contribution in [0.4, 0.5) is 20.3 Å². The Morgan fingerprint density at radius 1 is 0.914 bits per heavy atom. The number of hydrogen-bond acceptors (Lipinski definition) is 5. The summed E-state index contributed by atoms with van der Waals surface area (Å²) in [5.74, 6) is -1.52. The molecule has 6 nitrogen and oxygen atoms in total. The molecule has 1 aliphatic carbocycles. The van der Waals surface area contributed by atoms with E-state index in [4.69, 9.17) is 5.73 Å². The molecular weight excluding hydrogens is 448 g/mol. The average molecular weight is 476 g/mol. The van der Waals surface area contributed by atoms with Crippen molar-refractivity contribution in [3.8, 4) is 22.3 Å². The highest BCUT2D eigenvalue weighted by atomic mass is 19.2. The van der Waals surface area contributed by atoms with Gasteiger partial charge < -0.3 is 16.0 Å². The van der Waals surface area contributed by atoms with E-state index >= 15 is 8.78 Å². The summed E-state index contributed by atoms with van der Waals surface area (Å²) in [6.07, 6.45) is 4.68. The number of nitrogens with zero attached hydrogens (tertiary/aromatic N) is 3. The van der Waals surface area contributed by atoms with E-state index < -0.39 is 11.6 Å². The molecule has 1 amide bonds. The lowest BCUT2D eigenvalue weighted by atomic mass is 9.94. The summed E-state index contributed by atoms with van der Waals surface area (Å²) in [7, 11) is 0. The number of hydrogen-bond donors (Lipinski definition) is 2. The van der Waals surface area contributed by atoms with Crippen molar-refractivity contribution in [3.63, 3.8) is 0 Å². The molecule has 3 aliphatic rings. The Bertz CT molecular complexity index is 1320. The molecular formula is C27H27F2N5O. The van der Waals surface area contributed by atoms with Crippen molar-refractivity contribution in [3.05, 3.63) is 65.4 Å². The summed E-state index contributed by atoms with van der Waals surface area (Å²) in [6, 6.07) is 11.2. The van der Waals surface area contributed by atoms with Gasteiger partial charge in [-0.2, -0.15) is 0 Å². The van der Waals surface area contributed by atoms with Gasteiger partial charge >= 0.3 is 0 Å². The zero-order valence-corrected chi connectivity index (χ0v) is 19.4. The van der Waals surface area contributed by atoms with Crippen molar-refractivity contribution in [1.29, 1.82) is 0 Å². The second-order valence-corrected chi connectivity index (χ2v) is 9.55. The summed E-state index contributed by atoms with van der Waals surface area (Å²) < 4.78 is 30.5. The lowest BCUT2D eigenvalue weighted by molar-refractivity contribution is 0.0946. The zero-order chi connectivity index (χ0) is 24.1. The predicted octanol–water partition coefficient (Wildman–Crippen LogP) is 3.85. The van der Waals surface area contributed by atoms with Gasteiger partial charge in [0, 0.05) is 67.2 Å². The second kappa shape index (κ2) is 8.61. The Morgan fingerprint density at radius 3 is 2.46 bits per heavy atom. The highest BCUT2D eigenvalue weighted by Gasteiger charge is 2.32. The molecule has 0 bridgehead atoms. The predicted molar refractivity (Wildman–Crippen MR) is 132 cm³/mol. The van der Waals surface area contributed by atoms with Crippen LogP contribution >= 0.6 is 0 Å². The number of benzene rings is 2. The van der Waals surface area contributed by atoms with Gasteiger partial charge in [-0.25, -0.2) is 13.8 Å². The molecule has 0 radical (unpaired) electrons. The van der Waals surface area contributed by atoms with Crippen LogP contribution < -0.4 is 16.0 Å². The first-order valence-electron chi connectivity index (χ1n) is 12.1. The number of rotatable bonds is 4. The summed E-state index contributed by atoms with van der Waals surface area (Å²) in [6.45, 7) is 3.71. The van der Waals surface area contributed by atoms with Gasteiger partial charge in [-0.3, -0.25) is 9.69 Å². The van der Waals surface area contributed by atoms with Gasteiger partial charge in [0.1, 0.15) is 5.82 Å². The van der Waals surface area contributed by atoms with E-state index in [0.29, 0.717) is 53.9 Å². The molecule has 6 rings (SSSR count). The third-order valence-corrected chi connectivity index (χ3v) is 7.35. The molecule has 1 saturated heterocycles. The van der Waals surface area contributed by atoms with Crippen molar-refractivity contribution in [1.82, 2.24) is 15.2 Å². The second-order valence-electron chi connectivity index (χ2n) is 9.55. The Labute approximate surface area is 202 Å². The molecule has 3 heterocycles. The molecule has 2 fully saturated rings. The molecule has 3 N–H and O–H groups in total. The number of anilines is 2. The first-order valence-corrected chi connectivity index (χ1v) is 12.1. The van der Waals surface area contributed by atoms with Crippen molar-refractivity contribution in [2.45, 2.75) is 25.3 Å². The van der Waals surface area contributed by atoms with Crippen molar-refractivity contribution < 1.29 is 13.6 Å². The normalized spacial score (nSPS) is 18.3. The fourth-order valence-corrected chi connectivity index (χ4v) is 5.22. The van der Waals surface area contributed by atoms with E-state index in [9.17, 15) is 4.79 Å². The lowest BCUT2D eigenvalue weighted by Gasteiger charge is -2.36. The van der Waals surface area contributed by atoms with Crippen LogP contribution in [0.2, 0.25) is 0 Å². The Balaban J connectivity index is 1.30. The minimum atomic E-state index is -0.883. The fraction of sp³-hybridized carbons (Fsp3) is 0.333. The summed E-state index contributed by atoms with van der Waals surface area (Å²) in [4.78, 5) is 20.7. The van der Waals surface area contributed by atoms with Gasteiger partial charge in [-0.05, 0) is 54.7 Å². The third-order valence-electron chi connectivity index (χ3n) is 7.35. The average Bonchev–Trinajstić information content (AvgIpc) is 3.72. The molecule has 0 spiro atoms. The van der Waals surface area contributed by atoms with E-state index in [1.807, 2.05) is 17.0 Å². The molecule has 1 aromatic heterocycles. The first-order chi connectivity index (χ1) is 17.0. The summed E-state index contributed by atoms with van der Waals surface area (Å²) in [5.41, 5.74) is 10.0. The van der Waals surface area contributed by atoms with Crippen molar-refractivity contribution in [2.24, 2.45) is 0 Å². The number of nitrogen functional groups attached to an aromatic ring is 1. The quantitative estimate of drug-likeness (QED) is 0.600. The number of carbonyl (C=O) groups is 1. The highest BCUT2D eigenvalue weighted by molar-refractivity contribution is 5.97. The number of piperazine rings is 1. The number of fused-ring (bicyclic) bond motifs is 1. The van der Waals surface area contributed by atoms with Gasteiger partial charge in [-0.1, -0.05) is 12.1 Å². The molecule has 2 aliphatic heterocycles. The third kappa shape index (κ3) is 4.01. The number of aromatic nitrogens is 1. The van der Waals surface area contributed by atoms with Crippen LogP contribution in [0, 0.1) is 11.6 Å². The van der Waals surface area contributed by atoms with E-state index in [-0.39, 0.29) is 11.5 Å². The largest absolute Gasteiger partial charge is 0.383 e. The zero-order valence-electron chi connectivity index (χ0n) is 19.4. The van der Waals surface area contributed by atoms with E-state index in [0.717, 1.165) is 30.6 Å².